The van der Waals surface area contributed by atoms with Gasteiger partial charge in [-0.3, -0.25) is 4.79 Å². The predicted octanol–water partition coefficient (Wildman–Crippen LogP) is 3.66. The van der Waals surface area contributed by atoms with Crippen molar-refractivity contribution < 1.29 is 18.7 Å². The molecule has 0 spiro atoms. The van der Waals surface area contributed by atoms with Gasteiger partial charge in [0.25, 0.3) is 5.91 Å². The molecule has 0 aliphatic carbocycles. The van der Waals surface area contributed by atoms with Crippen molar-refractivity contribution in [3.8, 4) is 11.8 Å². The van der Waals surface area contributed by atoms with E-state index in [2.05, 4.69) is 65.8 Å². The van der Waals surface area contributed by atoms with E-state index in [1.54, 1.807) is 23.5 Å². The van der Waals surface area contributed by atoms with Crippen LogP contribution in [0, 0.1) is 6.92 Å². The van der Waals surface area contributed by atoms with E-state index < -0.39 is 22.1 Å². The number of amides is 1. The second-order valence-electron chi connectivity index (χ2n) is 10.4. The van der Waals surface area contributed by atoms with Gasteiger partial charge in [-0.05, 0) is 30.2 Å². The molecule has 8 nitrogen and oxygen atoms in total. The number of benzene rings is 1. The highest BCUT2D eigenvalue weighted by atomic mass is 28.4. The molecule has 0 atom stereocenters. The smallest absolute Gasteiger partial charge is 0.291 e. The number of fused-ring (bicyclic) bond motifs is 1. The molecule has 3 aromatic rings. The van der Waals surface area contributed by atoms with E-state index in [1.165, 1.54) is 31.0 Å². The number of anilines is 2. The molecule has 10 heteroatoms. The highest BCUT2D eigenvalue weighted by molar-refractivity contribution is 7.14. The third kappa shape index (κ3) is 4.72. The summed E-state index contributed by atoms with van der Waals surface area (Å²) in [5.41, 5.74) is 4.19. The van der Waals surface area contributed by atoms with Crippen molar-refractivity contribution in [2.75, 3.05) is 31.9 Å². The predicted molar refractivity (Wildman–Crippen MR) is 144 cm³/mol. The Bertz CT molecular complexity index is 1260. The normalized spacial score (nSPS) is 15.4. The van der Waals surface area contributed by atoms with Crippen LogP contribution >= 0.6 is 0 Å². The van der Waals surface area contributed by atoms with E-state index in [9.17, 15) is 4.79 Å². The van der Waals surface area contributed by atoms with Crippen LogP contribution in [0.1, 0.15) is 27.4 Å². The van der Waals surface area contributed by atoms with Gasteiger partial charge in [-0.1, -0.05) is 54.4 Å². The van der Waals surface area contributed by atoms with E-state index in [-0.39, 0.29) is 23.2 Å². The van der Waals surface area contributed by atoms with Gasteiger partial charge >= 0.3 is 0 Å². The molecule has 1 aliphatic heterocycles. The topological polar surface area (TPSA) is 98.5 Å². The largest absolute Gasteiger partial charge is 0.479 e. The highest BCUT2D eigenvalue weighted by Crippen LogP contribution is 2.33. The van der Waals surface area contributed by atoms with Gasteiger partial charge in [-0.2, -0.15) is 9.97 Å². The van der Waals surface area contributed by atoms with Gasteiger partial charge in [-0.25, -0.2) is 0 Å². The van der Waals surface area contributed by atoms with Crippen LogP contribution in [0.4, 0.5) is 11.6 Å². The minimum Gasteiger partial charge on any atom is -0.479 e. The fourth-order valence-electron chi connectivity index (χ4n) is 5.25. The first kappa shape index (κ1) is 25.0. The Labute approximate surface area is 208 Å². The van der Waals surface area contributed by atoms with E-state index in [4.69, 9.17) is 13.9 Å². The molecule has 35 heavy (non-hydrogen) atoms. The lowest BCUT2D eigenvalue weighted by atomic mass is 10.0. The molecule has 0 bridgehead atoms. The Morgan fingerprint density at radius 2 is 1.63 bits per heavy atom. The zero-order chi connectivity index (χ0) is 25.5. The zero-order valence-corrected chi connectivity index (χ0v) is 23.8. The molecule has 0 unspecified atom stereocenters. The number of nitrogens with one attached hydrogen (secondary N) is 2. The summed E-state index contributed by atoms with van der Waals surface area (Å²) >= 11 is 0. The van der Waals surface area contributed by atoms with Crippen LogP contribution in [0.2, 0.25) is 31.9 Å². The number of nitrogens with zero attached hydrogens (tertiary/aromatic N) is 2. The Morgan fingerprint density at radius 1 is 1.03 bits per heavy atom. The summed E-state index contributed by atoms with van der Waals surface area (Å²) in [6, 6.07) is 8.38. The van der Waals surface area contributed by atoms with Crippen LogP contribution < -0.4 is 30.5 Å². The summed E-state index contributed by atoms with van der Waals surface area (Å²) in [5.74, 6) is 1.21. The van der Waals surface area contributed by atoms with Gasteiger partial charge in [0.1, 0.15) is 5.76 Å². The van der Waals surface area contributed by atoms with Crippen molar-refractivity contribution in [1.29, 1.82) is 0 Å². The second kappa shape index (κ2) is 9.16. The summed E-state index contributed by atoms with van der Waals surface area (Å²) in [6.45, 7) is 12.1. The molecule has 1 amide bonds. The maximum absolute atomic E-state index is 13.0. The van der Waals surface area contributed by atoms with Crippen molar-refractivity contribution in [3.63, 3.8) is 0 Å². The molecule has 2 aromatic heterocycles. The van der Waals surface area contributed by atoms with Crippen molar-refractivity contribution in [2.24, 2.45) is 0 Å². The number of ether oxygens (including phenoxy) is 2. The van der Waals surface area contributed by atoms with Crippen molar-refractivity contribution >= 4 is 44.1 Å². The lowest BCUT2D eigenvalue weighted by Crippen LogP contribution is -2.44. The Kier molecular flexibility index (Phi) is 6.54. The van der Waals surface area contributed by atoms with Gasteiger partial charge in [-0.15, -0.1) is 0 Å². The molecular formula is C25H34N4O4Si2. The molecular weight excluding hydrogens is 476 g/mol. The van der Waals surface area contributed by atoms with E-state index in [0.717, 1.165) is 5.76 Å². The van der Waals surface area contributed by atoms with Crippen LogP contribution in [-0.2, 0) is 6.42 Å². The van der Waals surface area contributed by atoms with Gasteiger partial charge < -0.3 is 24.5 Å². The van der Waals surface area contributed by atoms with Crippen LogP contribution in [0.3, 0.4) is 0 Å². The van der Waals surface area contributed by atoms with E-state index in [1.807, 2.05) is 6.07 Å². The summed E-state index contributed by atoms with van der Waals surface area (Å²) in [6.07, 6.45) is 0.644. The number of aromatic nitrogens is 2. The SMILES string of the molecule is CNc1nc(OC)c(NC(=O)c2ccc(Cc3cc4c(cc3C)[Si](C)(C)C[Si]4(C)C)o2)c(OC)n1. The number of carbonyl (C=O) groups excluding carboxylic acids is 1. The third-order valence-electron chi connectivity index (χ3n) is 6.76. The minimum atomic E-state index is -1.42. The molecule has 1 aromatic carbocycles. The highest BCUT2D eigenvalue weighted by Gasteiger charge is 2.44. The fraction of sp³-hybridized carbons (Fsp3) is 0.400. The second-order valence-corrected chi connectivity index (χ2v) is 20.4. The van der Waals surface area contributed by atoms with Gasteiger partial charge in [0, 0.05) is 13.5 Å². The Balaban J connectivity index is 1.57. The Hall–Kier alpha value is -3.12. The molecule has 1 aliphatic rings. The zero-order valence-electron chi connectivity index (χ0n) is 21.8. The summed E-state index contributed by atoms with van der Waals surface area (Å²) in [5, 5.41) is 8.83. The molecule has 2 N–H and O–H groups in total. The van der Waals surface area contributed by atoms with Gasteiger partial charge in [0.15, 0.2) is 11.4 Å². The number of methoxy groups -OCH3 is 2. The summed E-state index contributed by atoms with van der Waals surface area (Å²) < 4.78 is 16.6. The van der Waals surface area contributed by atoms with Gasteiger partial charge in [0.2, 0.25) is 17.7 Å². The monoisotopic (exact) mass is 510 g/mol. The first-order valence-corrected chi connectivity index (χ1v) is 18.1. The van der Waals surface area contributed by atoms with Crippen molar-refractivity contribution in [2.45, 2.75) is 45.2 Å². The quantitative estimate of drug-likeness (QED) is 0.468. The van der Waals surface area contributed by atoms with Crippen LogP contribution in [0.5, 0.6) is 11.8 Å². The maximum atomic E-state index is 13.0. The van der Waals surface area contributed by atoms with Crippen LogP contribution in [0.25, 0.3) is 0 Å². The molecule has 0 fully saturated rings. The van der Waals surface area contributed by atoms with E-state index in [0.29, 0.717) is 12.4 Å². The number of rotatable bonds is 7. The number of hydrogen-bond acceptors (Lipinski definition) is 7. The molecule has 0 radical (unpaired) electrons. The lowest BCUT2D eigenvalue weighted by molar-refractivity contribution is 0.0994. The number of hydrogen-bond donors (Lipinski definition) is 2. The first-order valence-electron chi connectivity index (χ1n) is 11.7. The maximum Gasteiger partial charge on any atom is 0.291 e. The number of aryl methyl sites for hydroxylation is 1. The molecule has 0 saturated heterocycles. The van der Waals surface area contributed by atoms with Crippen LogP contribution in [0.15, 0.2) is 28.7 Å². The van der Waals surface area contributed by atoms with Gasteiger partial charge in [0.05, 0.1) is 30.4 Å². The molecule has 4 rings (SSSR count). The fourth-order valence-corrected chi connectivity index (χ4v) is 20.4. The number of carbonyl (C=O) groups is 1. The number of furan rings is 1. The standard InChI is InChI=1S/C25H34N4O4Si2/c1-15-11-19-20(35(7,8)14-34(19,5)6)13-16(15)12-17-9-10-18(33-17)22(30)27-21-23(31-3)28-25(26-2)29-24(21)32-4/h9-11,13H,12,14H2,1-8H3,(H,27,30)(H,26,28,29). The van der Waals surface area contributed by atoms with Crippen molar-refractivity contribution in [3.05, 3.63) is 46.9 Å². The molecule has 3 heterocycles. The van der Waals surface area contributed by atoms with E-state index >= 15 is 0 Å². The molecule has 186 valence electrons. The lowest BCUT2D eigenvalue weighted by Gasteiger charge is -2.19. The van der Waals surface area contributed by atoms with Crippen LogP contribution in [-0.4, -0.2) is 53.3 Å². The molecule has 0 saturated carbocycles. The first-order chi connectivity index (χ1) is 16.5. The Morgan fingerprint density at radius 3 is 2.20 bits per heavy atom. The van der Waals surface area contributed by atoms with Crippen molar-refractivity contribution in [1.82, 2.24) is 9.97 Å². The summed E-state index contributed by atoms with van der Waals surface area (Å²) in [7, 11) is 1.84. The third-order valence-corrected chi connectivity index (χ3v) is 17.8. The summed E-state index contributed by atoms with van der Waals surface area (Å²) in [4.78, 5) is 21.4. The average molecular weight is 511 g/mol. The average Bonchev–Trinajstić information content (AvgIpc) is 3.34. The minimum absolute atomic E-state index is 0.188.